The van der Waals surface area contributed by atoms with Crippen LogP contribution in [0.1, 0.15) is 54.6 Å². The number of carbonyl (C=O) groups excluding carboxylic acids is 1. The summed E-state index contributed by atoms with van der Waals surface area (Å²) in [4.78, 5) is 15.7. The number of halogens is 2. The SMILES string of the molecule is CN1C2CCCC1CC(NC(=O)c1c3n(c4ccccc14)CCC(F)(F)C3)C2. The number of benzene rings is 1. The molecule has 0 radical (unpaired) electrons. The summed E-state index contributed by atoms with van der Waals surface area (Å²) in [6.07, 6.45) is 4.98. The van der Waals surface area contributed by atoms with Gasteiger partial charge in [-0.05, 0) is 38.8 Å². The molecule has 0 spiro atoms. The standard InChI is InChI=1S/C22H27F2N3O/c1-26-15-5-4-6-16(26)12-14(11-15)25-21(28)20-17-7-2-3-8-18(17)27-10-9-22(23,24)13-19(20)27/h2-3,7-8,14-16H,4-6,9-13H2,1H3,(H,25,28). The number of nitrogens with zero attached hydrogens (tertiary/aromatic N) is 2. The molecule has 3 aliphatic heterocycles. The first-order chi connectivity index (χ1) is 13.4. The first-order valence-electron chi connectivity index (χ1n) is 10.4. The molecule has 1 amide bonds. The molecule has 2 fully saturated rings. The topological polar surface area (TPSA) is 37.3 Å². The summed E-state index contributed by atoms with van der Waals surface area (Å²) < 4.78 is 30.2. The Labute approximate surface area is 163 Å². The van der Waals surface area contributed by atoms with Gasteiger partial charge in [-0.25, -0.2) is 8.78 Å². The van der Waals surface area contributed by atoms with E-state index >= 15 is 0 Å². The average Bonchev–Trinajstić information content (AvgIpc) is 2.94. The second-order valence-electron chi connectivity index (χ2n) is 8.82. The van der Waals surface area contributed by atoms with E-state index in [-0.39, 0.29) is 31.3 Å². The van der Waals surface area contributed by atoms with E-state index in [0.717, 1.165) is 23.7 Å². The zero-order valence-corrected chi connectivity index (χ0v) is 16.3. The van der Waals surface area contributed by atoms with Gasteiger partial charge in [-0.15, -0.1) is 0 Å². The van der Waals surface area contributed by atoms with E-state index in [2.05, 4.69) is 17.3 Å². The zero-order valence-electron chi connectivity index (χ0n) is 16.3. The summed E-state index contributed by atoms with van der Waals surface area (Å²) in [5, 5.41) is 4.01. The minimum Gasteiger partial charge on any atom is -0.349 e. The highest BCUT2D eigenvalue weighted by atomic mass is 19.3. The van der Waals surface area contributed by atoms with Crippen molar-refractivity contribution in [3.05, 3.63) is 35.5 Å². The molecule has 2 unspecified atom stereocenters. The summed E-state index contributed by atoms with van der Waals surface area (Å²) in [7, 11) is 2.19. The van der Waals surface area contributed by atoms with Crippen LogP contribution in [0.5, 0.6) is 0 Å². The van der Waals surface area contributed by atoms with E-state index < -0.39 is 5.92 Å². The number of aryl methyl sites for hydroxylation is 1. The number of hydrogen-bond donors (Lipinski definition) is 1. The molecule has 4 heterocycles. The molecular formula is C22H27F2N3O. The molecule has 28 heavy (non-hydrogen) atoms. The van der Waals surface area contributed by atoms with Gasteiger partial charge < -0.3 is 14.8 Å². The minimum absolute atomic E-state index is 0.123. The molecular weight excluding hydrogens is 360 g/mol. The van der Waals surface area contributed by atoms with E-state index in [1.54, 1.807) is 0 Å². The quantitative estimate of drug-likeness (QED) is 0.847. The number of alkyl halides is 2. The lowest BCUT2D eigenvalue weighted by Crippen LogP contribution is -2.55. The Hall–Kier alpha value is -1.95. The van der Waals surface area contributed by atoms with Gasteiger partial charge in [0.1, 0.15) is 0 Å². The van der Waals surface area contributed by atoms with Crippen molar-refractivity contribution in [3.63, 3.8) is 0 Å². The monoisotopic (exact) mass is 387 g/mol. The average molecular weight is 387 g/mol. The molecule has 2 bridgehead atoms. The van der Waals surface area contributed by atoms with Gasteiger partial charge in [0.2, 0.25) is 0 Å². The fourth-order valence-corrected chi connectivity index (χ4v) is 5.65. The number of nitrogens with one attached hydrogen (secondary N) is 1. The number of piperidine rings is 2. The lowest BCUT2D eigenvalue weighted by atomic mass is 9.82. The molecule has 1 aromatic heterocycles. The van der Waals surface area contributed by atoms with Crippen LogP contribution >= 0.6 is 0 Å². The van der Waals surface area contributed by atoms with Crippen LogP contribution in [0, 0.1) is 0 Å². The molecule has 0 saturated carbocycles. The minimum atomic E-state index is -2.75. The van der Waals surface area contributed by atoms with Crippen LogP contribution in [-0.2, 0) is 13.0 Å². The summed E-state index contributed by atoms with van der Waals surface area (Å²) in [6, 6.07) is 8.75. The van der Waals surface area contributed by atoms with Crippen molar-refractivity contribution in [2.45, 2.75) is 75.5 Å². The van der Waals surface area contributed by atoms with Gasteiger partial charge in [0.15, 0.2) is 0 Å². The molecule has 3 aliphatic rings. The Morgan fingerprint density at radius 3 is 2.64 bits per heavy atom. The maximum atomic E-state index is 14.2. The first-order valence-corrected chi connectivity index (χ1v) is 10.4. The number of para-hydroxylation sites is 1. The molecule has 2 aromatic rings. The highest BCUT2D eigenvalue weighted by Gasteiger charge is 2.40. The number of hydrogen-bond acceptors (Lipinski definition) is 2. The second kappa shape index (κ2) is 6.55. The van der Waals surface area contributed by atoms with Crippen LogP contribution in [0.3, 0.4) is 0 Å². The Balaban J connectivity index is 1.47. The van der Waals surface area contributed by atoms with Crippen LogP contribution < -0.4 is 5.32 Å². The van der Waals surface area contributed by atoms with E-state index in [1.165, 1.54) is 19.3 Å². The smallest absolute Gasteiger partial charge is 0.255 e. The van der Waals surface area contributed by atoms with Crippen LogP contribution in [-0.4, -0.2) is 46.5 Å². The van der Waals surface area contributed by atoms with Crippen molar-refractivity contribution in [3.8, 4) is 0 Å². The predicted molar refractivity (Wildman–Crippen MR) is 105 cm³/mol. The molecule has 6 heteroatoms. The Morgan fingerprint density at radius 1 is 1.18 bits per heavy atom. The lowest BCUT2D eigenvalue weighted by molar-refractivity contribution is -0.0220. The number of fused-ring (bicyclic) bond motifs is 5. The van der Waals surface area contributed by atoms with Crippen molar-refractivity contribution in [2.75, 3.05) is 7.05 Å². The fraction of sp³-hybridized carbons (Fsp3) is 0.591. The molecule has 2 atom stereocenters. The maximum absolute atomic E-state index is 14.2. The first kappa shape index (κ1) is 18.1. The van der Waals surface area contributed by atoms with Crippen LogP contribution in [0.25, 0.3) is 10.9 Å². The summed E-state index contributed by atoms with van der Waals surface area (Å²) in [5.74, 6) is -2.93. The van der Waals surface area contributed by atoms with Crippen molar-refractivity contribution in [2.24, 2.45) is 0 Å². The number of amides is 1. The molecule has 1 aromatic carbocycles. The van der Waals surface area contributed by atoms with Gasteiger partial charge in [0.25, 0.3) is 11.8 Å². The van der Waals surface area contributed by atoms with Crippen LogP contribution in [0.2, 0.25) is 0 Å². The highest BCUT2D eigenvalue weighted by Crippen LogP contribution is 2.37. The van der Waals surface area contributed by atoms with E-state index in [1.807, 2.05) is 28.8 Å². The van der Waals surface area contributed by atoms with Crippen molar-refractivity contribution in [1.29, 1.82) is 0 Å². The lowest BCUT2D eigenvalue weighted by Gasteiger charge is -2.47. The van der Waals surface area contributed by atoms with Gasteiger partial charge >= 0.3 is 0 Å². The summed E-state index contributed by atoms with van der Waals surface area (Å²) >= 11 is 0. The third kappa shape index (κ3) is 2.93. The molecule has 4 nitrogen and oxygen atoms in total. The third-order valence-corrected chi connectivity index (χ3v) is 7.11. The van der Waals surface area contributed by atoms with Gasteiger partial charge in [0.05, 0.1) is 12.0 Å². The zero-order chi connectivity index (χ0) is 19.5. The number of carbonyl (C=O) groups is 1. The third-order valence-electron chi connectivity index (χ3n) is 7.11. The van der Waals surface area contributed by atoms with Gasteiger partial charge in [-0.1, -0.05) is 24.6 Å². The number of rotatable bonds is 2. The van der Waals surface area contributed by atoms with E-state index in [0.29, 0.717) is 23.3 Å². The van der Waals surface area contributed by atoms with Crippen molar-refractivity contribution < 1.29 is 13.6 Å². The maximum Gasteiger partial charge on any atom is 0.255 e. The summed E-state index contributed by atoms with van der Waals surface area (Å²) in [6.45, 7) is 0.258. The molecule has 150 valence electrons. The van der Waals surface area contributed by atoms with Gasteiger partial charge in [0, 0.05) is 47.7 Å². The van der Waals surface area contributed by atoms with E-state index in [4.69, 9.17) is 0 Å². The van der Waals surface area contributed by atoms with Crippen molar-refractivity contribution in [1.82, 2.24) is 14.8 Å². The summed E-state index contributed by atoms with van der Waals surface area (Å²) in [5.41, 5.74) is 1.83. The Morgan fingerprint density at radius 2 is 1.89 bits per heavy atom. The van der Waals surface area contributed by atoms with Gasteiger partial charge in [-0.3, -0.25) is 4.79 Å². The largest absolute Gasteiger partial charge is 0.349 e. The Bertz CT molecular complexity index is 908. The normalized spacial score (nSPS) is 29.5. The predicted octanol–water partition coefficient (Wildman–Crippen LogP) is 3.97. The van der Waals surface area contributed by atoms with Crippen LogP contribution in [0.15, 0.2) is 24.3 Å². The molecule has 2 saturated heterocycles. The fourth-order valence-electron chi connectivity index (χ4n) is 5.65. The molecule has 1 N–H and O–H groups in total. The molecule has 0 aliphatic carbocycles. The van der Waals surface area contributed by atoms with E-state index in [9.17, 15) is 13.6 Å². The van der Waals surface area contributed by atoms with Crippen LogP contribution in [0.4, 0.5) is 8.78 Å². The van der Waals surface area contributed by atoms with Crippen molar-refractivity contribution >= 4 is 16.8 Å². The number of aromatic nitrogens is 1. The second-order valence-corrected chi connectivity index (χ2v) is 8.82. The highest BCUT2D eigenvalue weighted by molar-refractivity contribution is 6.08. The molecule has 5 rings (SSSR count). The Kier molecular flexibility index (Phi) is 4.23. The van der Waals surface area contributed by atoms with Gasteiger partial charge in [-0.2, -0.15) is 0 Å².